The average Bonchev–Trinajstić information content (AvgIpc) is 2.87. The number of phenols is 1. The first kappa shape index (κ1) is 17.5. The largest absolute Gasteiger partial charge is 0.508 e. The number of aromatic hydroxyl groups is 1. The summed E-state index contributed by atoms with van der Waals surface area (Å²) < 4.78 is 23.4. The standard InChI is InChI=1S/C13H15N3O7S/c1-24(22,23)16-7-6-15(13(16)21)12(20)14-10(11(18)19)8-2-4-9(17)5-3-8/h2-5,10,17H,6-7H2,1H3,(H,14,20)(H,18,19). The molecule has 130 valence electrons. The summed E-state index contributed by atoms with van der Waals surface area (Å²) in [5.41, 5.74) is 0.181. The molecule has 0 aromatic heterocycles. The summed E-state index contributed by atoms with van der Waals surface area (Å²) in [7, 11) is -3.80. The smallest absolute Gasteiger partial charge is 0.341 e. The molecular weight excluding hydrogens is 342 g/mol. The van der Waals surface area contributed by atoms with Crippen molar-refractivity contribution in [3.05, 3.63) is 29.8 Å². The van der Waals surface area contributed by atoms with Crippen LogP contribution in [0.5, 0.6) is 5.75 Å². The number of rotatable bonds is 4. The van der Waals surface area contributed by atoms with Crippen LogP contribution >= 0.6 is 0 Å². The zero-order valence-electron chi connectivity index (χ0n) is 12.5. The van der Waals surface area contributed by atoms with Crippen LogP contribution in [0.3, 0.4) is 0 Å². The van der Waals surface area contributed by atoms with E-state index in [9.17, 15) is 33.0 Å². The lowest BCUT2D eigenvalue weighted by Gasteiger charge is -2.20. The van der Waals surface area contributed by atoms with Crippen LogP contribution in [0.15, 0.2) is 24.3 Å². The molecule has 1 aliphatic rings. The highest BCUT2D eigenvalue weighted by molar-refractivity contribution is 7.88. The van der Waals surface area contributed by atoms with Crippen LogP contribution in [0.1, 0.15) is 11.6 Å². The fraction of sp³-hybridized carbons (Fsp3) is 0.308. The van der Waals surface area contributed by atoms with Crippen LogP contribution in [0.4, 0.5) is 9.59 Å². The SMILES string of the molecule is CS(=O)(=O)N1CCN(C(=O)NC(C(=O)O)c2ccc(O)cc2)C1=O. The van der Waals surface area contributed by atoms with Gasteiger partial charge in [-0.05, 0) is 17.7 Å². The molecule has 1 saturated heterocycles. The number of benzene rings is 1. The van der Waals surface area contributed by atoms with E-state index < -0.39 is 34.1 Å². The first-order valence-electron chi connectivity index (χ1n) is 6.72. The molecule has 0 aliphatic carbocycles. The van der Waals surface area contributed by atoms with E-state index in [0.29, 0.717) is 9.21 Å². The molecule has 1 atom stereocenters. The van der Waals surface area contributed by atoms with Crippen molar-refractivity contribution in [2.24, 2.45) is 0 Å². The Morgan fingerprint density at radius 1 is 1.21 bits per heavy atom. The van der Waals surface area contributed by atoms with Crippen molar-refractivity contribution in [3.63, 3.8) is 0 Å². The molecule has 4 amide bonds. The summed E-state index contributed by atoms with van der Waals surface area (Å²) >= 11 is 0. The number of amides is 4. The Balaban J connectivity index is 2.16. The van der Waals surface area contributed by atoms with Crippen LogP contribution < -0.4 is 5.32 Å². The Morgan fingerprint density at radius 2 is 1.79 bits per heavy atom. The Bertz CT molecular complexity index is 775. The molecule has 2 rings (SSSR count). The predicted molar refractivity (Wildman–Crippen MR) is 80.7 cm³/mol. The van der Waals surface area contributed by atoms with Crippen molar-refractivity contribution in [1.82, 2.24) is 14.5 Å². The highest BCUT2D eigenvalue weighted by Gasteiger charge is 2.39. The highest BCUT2D eigenvalue weighted by Crippen LogP contribution is 2.19. The van der Waals surface area contributed by atoms with Gasteiger partial charge in [-0.1, -0.05) is 12.1 Å². The highest BCUT2D eigenvalue weighted by atomic mass is 32.2. The number of urea groups is 2. The zero-order valence-corrected chi connectivity index (χ0v) is 13.4. The lowest BCUT2D eigenvalue weighted by molar-refractivity contribution is -0.139. The number of carbonyl (C=O) groups is 3. The van der Waals surface area contributed by atoms with Gasteiger partial charge in [0.05, 0.1) is 19.3 Å². The van der Waals surface area contributed by atoms with E-state index in [4.69, 9.17) is 0 Å². The number of aliphatic carboxylic acids is 1. The molecule has 10 nitrogen and oxygen atoms in total. The number of carboxylic acid groups (broad SMARTS) is 1. The van der Waals surface area contributed by atoms with Crippen molar-refractivity contribution < 1.29 is 33.0 Å². The van der Waals surface area contributed by atoms with Gasteiger partial charge in [0.25, 0.3) is 0 Å². The van der Waals surface area contributed by atoms with E-state index in [2.05, 4.69) is 5.32 Å². The van der Waals surface area contributed by atoms with Crippen molar-refractivity contribution in [3.8, 4) is 5.75 Å². The van der Waals surface area contributed by atoms with Gasteiger partial charge >= 0.3 is 18.0 Å². The second-order valence-electron chi connectivity index (χ2n) is 5.08. The van der Waals surface area contributed by atoms with Gasteiger partial charge in [0.2, 0.25) is 10.0 Å². The molecule has 1 aromatic carbocycles. The van der Waals surface area contributed by atoms with Gasteiger partial charge in [0, 0.05) is 0 Å². The van der Waals surface area contributed by atoms with Crippen molar-refractivity contribution >= 4 is 28.1 Å². The van der Waals surface area contributed by atoms with Gasteiger partial charge < -0.3 is 15.5 Å². The number of hydrogen-bond donors (Lipinski definition) is 3. The van der Waals surface area contributed by atoms with Crippen molar-refractivity contribution in [1.29, 1.82) is 0 Å². The molecule has 0 radical (unpaired) electrons. The first-order valence-corrected chi connectivity index (χ1v) is 8.57. The number of hydrogen-bond acceptors (Lipinski definition) is 6. The Hall–Kier alpha value is -2.82. The summed E-state index contributed by atoms with van der Waals surface area (Å²) in [5, 5.41) is 20.6. The molecule has 0 spiro atoms. The van der Waals surface area contributed by atoms with Gasteiger partial charge in [-0.25, -0.2) is 32.0 Å². The Labute approximate surface area is 137 Å². The van der Waals surface area contributed by atoms with E-state index in [1.54, 1.807) is 0 Å². The van der Waals surface area contributed by atoms with E-state index >= 15 is 0 Å². The van der Waals surface area contributed by atoms with Gasteiger partial charge in [-0.15, -0.1) is 0 Å². The number of sulfonamides is 1. The maximum atomic E-state index is 12.1. The molecule has 1 aliphatic heterocycles. The van der Waals surface area contributed by atoms with Crippen LogP contribution in [-0.2, 0) is 14.8 Å². The number of phenolic OH excluding ortho intramolecular Hbond substituents is 1. The number of carbonyl (C=O) groups excluding carboxylic acids is 2. The second kappa shape index (κ2) is 6.35. The minimum atomic E-state index is -3.80. The average molecular weight is 357 g/mol. The number of nitrogens with zero attached hydrogens (tertiary/aromatic N) is 2. The summed E-state index contributed by atoms with van der Waals surface area (Å²) in [6.07, 6.45) is 0.836. The normalized spacial score (nSPS) is 16.1. The van der Waals surface area contributed by atoms with E-state index in [-0.39, 0.29) is 24.4 Å². The number of imide groups is 1. The van der Waals surface area contributed by atoms with Crippen molar-refractivity contribution in [2.75, 3.05) is 19.3 Å². The predicted octanol–water partition coefficient (Wildman–Crippen LogP) is -0.0753. The second-order valence-corrected chi connectivity index (χ2v) is 6.99. The summed E-state index contributed by atoms with van der Waals surface area (Å²) in [5.74, 6) is -1.45. The molecule has 1 aromatic rings. The summed E-state index contributed by atoms with van der Waals surface area (Å²) in [6.45, 7) is -0.373. The van der Waals surface area contributed by atoms with E-state index in [1.807, 2.05) is 0 Å². The van der Waals surface area contributed by atoms with Crippen LogP contribution in [0.2, 0.25) is 0 Å². The lowest BCUT2D eigenvalue weighted by atomic mass is 10.1. The third kappa shape index (κ3) is 3.56. The van der Waals surface area contributed by atoms with Gasteiger partial charge in [-0.3, -0.25) is 0 Å². The summed E-state index contributed by atoms with van der Waals surface area (Å²) in [4.78, 5) is 36.1. The molecule has 1 unspecified atom stereocenters. The zero-order chi connectivity index (χ0) is 18.1. The van der Waals surface area contributed by atoms with Crippen molar-refractivity contribution in [2.45, 2.75) is 6.04 Å². The Kier molecular flexibility index (Phi) is 4.64. The molecule has 0 bridgehead atoms. The lowest BCUT2D eigenvalue weighted by Crippen LogP contribution is -2.46. The maximum absolute atomic E-state index is 12.1. The van der Waals surface area contributed by atoms with Crippen LogP contribution in [-0.4, -0.2) is 65.2 Å². The molecule has 1 fully saturated rings. The molecule has 0 saturated carbocycles. The molecule has 24 heavy (non-hydrogen) atoms. The third-order valence-electron chi connectivity index (χ3n) is 3.36. The topological polar surface area (TPSA) is 144 Å². The monoisotopic (exact) mass is 357 g/mol. The molecule has 1 heterocycles. The third-order valence-corrected chi connectivity index (χ3v) is 4.50. The fourth-order valence-corrected chi connectivity index (χ4v) is 2.96. The minimum Gasteiger partial charge on any atom is -0.508 e. The van der Waals surface area contributed by atoms with Crippen LogP contribution in [0, 0.1) is 0 Å². The fourth-order valence-electron chi connectivity index (χ4n) is 2.17. The minimum absolute atomic E-state index is 0.0762. The van der Waals surface area contributed by atoms with E-state index in [1.165, 1.54) is 24.3 Å². The molecular formula is C13H15N3O7S. The van der Waals surface area contributed by atoms with Gasteiger partial charge in [-0.2, -0.15) is 0 Å². The van der Waals surface area contributed by atoms with Gasteiger partial charge in [0.1, 0.15) is 5.75 Å². The molecule has 11 heteroatoms. The summed E-state index contributed by atoms with van der Waals surface area (Å²) in [6, 6.07) is 1.61. The number of carboxylic acids is 1. The van der Waals surface area contributed by atoms with E-state index in [0.717, 1.165) is 6.26 Å². The Morgan fingerprint density at radius 3 is 2.25 bits per heavy atom. The van der Waals surface area contributed by atoms with Gasteiger partial charge in [0.15, 0.2) is 6.04 Å². The molecule has 3 N–H and O–H groups in total. The van der Waals surface area contributed by atoms with Crippen LogP contribution in [0.25, 0.3) is 0 Å². The maximum Gasteiger partial charge on any atom is 0.341 e. The quantitative estimate of drug-likeness (QED) is 0.684. The number of nitrogens with one attached hydrogen (secondary N) is 1. The first-order chi connectivity index (χ1) is 11.1.